The van der Waals surface area contributed by atoms with Crippen molar-refractivity contribution in [1.29, 1.82) is 0 Å². The Morgan fingerprint density at radius 2 is 1.09 bits per heavy atom. The normalized spacial score (nSPS) is 14.7. The zero-order chi connectivity index (χ0) is 24.0. The molecule has 1 aliphatic heterocycles. The van der Waals surface area contributed by atoms with Crippen molar-refractivity contribution in [2.75, 3.05) is 23.7 Å². The van der Waals surface area contributed by atoms with Crippen molar-refractivity contribution in [3.8, 4) is 0 Å². The summed E-state index contributed by atoms with van der Waals surface area (Å²) in [5, 5.41) is 5.57. The Morgan fingerprint density at radius 3 is 1.62 bits per heavy atom. The predicted octanol–water partition coefficient (Wildman–Crippen LogP) is 4.76. The average molecular weight is 478 g/mol. The van der Waals surface area contributed by atoms with Gasteiger partial charge in [0.05, 0.1) is 4.90 Å². The largest absolute Gasteiger partial charge is 0.322 e. The zero-order valence-electron chi connectivity index (χ0n) is 18.7. The molecule has 3 aromatic carbocycles. The number of benzene rings is 3. The maximum absolute atomic E-state index is 12.9. The van der Waals surface area contributed by atoms with Crippen molar-refractivity contribution >= 4 is 33.2 Å². The molecular weight excluding hydrogens is 450 g/mol. The van der Waals surface area contributed by atoms with Crippen LogP contribution >= 0.6 is 0 Å². The van der Waals surface area contributed by atoms with E-state index in [0.29, 0.717) is 35.6 Å². The molecule has 0 bridgehead atoms. The van der Waals surface area contributed by atoms with Crippen LogP contribution in [0.15, 0.2) is 83.8 Å². The lowest BCUT2D eigenvalue weighted by Crippen LogP contribution is -2.31. The van der Waals surface area contributed by atoms with Crippen LogP contribution in [0.5, 0.6) is 0 Å². The molecule has 1 saturated heterocycles. The third kappa shape index (κ3) is 5.70. The monoisotopic (exact) mass is 477 g/mol. The summed E-state index contributed by atoms with van der Waals surface area (Å²) in [5.74, 6) is -0.558. The van der Waals surface area contributed by atoms with Crippen LogP contribution in [0.25, 0.3) is 0 Å². The standard InChI is InChI=1S/C26H27N3O4S/c30-25(20-8-4-3-5-9-20)27-22-12-10-21(11-13-22)26(31)28-23-14-16-24(17-15-23)34(32,33)29-18-6-1-2-7-19-29/h3-5,8-17H,1-2,6-7,18-19H2,(H,27,30)(H,28,31). The maximum atomic E-state index is 12.9. The molecule has 4 rings (SSSR count). The molecule has 34 heavy (non-hydrogen) atoms. The van der Waals surface area contributed by atoms with Gasteiger partial charge < -0.3 is 10.6 Å². The van der Waals surface area contributed by atoms with Gasteiger partial charge in [0.1, 0.15) is 0 Å². The fourth-order valence-electron chi connectivity index (χ4n) is 3.84. The minimum absolute atomic E-state index is 0.228. The van der Waals surface area contributed by atoms with Crippen molar-refractivity contribution < 1.29 is 18.0 Å². The number of carbonyl (C=O) groups is 2. The van der Waals surface area contributed by atoms with Gasteiger partial charge in [0, 0.05) is 35.6 Å². The highest BCUT2D eigenvalue weighted by Crippen LogP contribution is 2.22. The zero-order valence-corrected chi connectivity index (χ0v) is 19.6. The first-order valence-electron chi connectivity index (χ1n) is 11.3. The fraction of sp³-hybridized carbons (Fsp3) is 0.231. The first-order chi connectivity index (χ1) is 16.4. The number of amides is 2. The Hall–Kier alpha value is -3.49. The first kappa shape index (κ1) is 23.7. The molecule has 0 radical (unpaired) electrons. The lowest BCUT2D eigenvalue weighted by molar-refractivity contribution is 0.102. The Kier molecular flexibility index (Phi) is 7.40. The van der Waals surface area contributed by atoms with Gasteiger partial charge in [-0.2, -0.15) is 4.31 Å². The van der Waals surface area contributed by atoms with Crippen LogP contribution in [0, 0.1) is 0 Å². The van der Waals surface area contributed by atoms with Crippen molar-refractivity contribution in [2.45, 2.75) is 30.6 Å². The molecule has 7 nitrogen and oxygen atoms in total. The third-order valence-electron chi connectivity index (χ3n) is 5.76. The van der Waals surface area contributed by atoms with Crippen LogP contribution in [0.3, 0.4) is 0 Å². The summed E-state index contributed by atoms with van der Waals surface area (Å²) in [5.41, 5.74) is 2.04. The Balaban J connectivity index is 1.37. The number of nitrogens with one attached hydrogen (secondary N) is 2. The minimum Gasteiger partial charge on any atom is -0.322 e. The summed E-state index contributed by atoms with van der Waals surface area (Å²) in [6.07, 6.45) is 3.86. The molecule has 1 aliphatic rings. The van der Waals surface area contributed by atoms with Gasteiger partial charge in [-0.1, -0.05) is 31.0 Å². The van der Waals surface area contributed by atoms with E-state index in [1.807, 2.05) is 6.07 Å². The molecule has 8 heteroatoms. The lowest BCUT2D eigenvalue weighted by Gasteiger charge is -2.20. The van der Waals surface area contributed by atoms with Crippen LogP contribution in [-0.2, 0) is 10.0 Å². The number of hydrogen-bond donors (Lipinski definition) is 2. The number of carbonyl (C=O) groups excluding carboxylic acids is 2. The van der Waals surface area contributed by atoms with E-state index in [1.165, 1.54) is 12.1 Å². The quantitative estimate of drug-likeness (QED) is 0.535. The molecule has 176 valence electrons. The SMILES string of the molecule is O=C(Nc1ccc(C(=O)Nc2ccc(S(=O)(=O)N3CCCCCC3)cc2)cc1)c1ccccc1. The number of nitrogens with zero attached hydrogens (tertiary/aromatic N) is 1. The highest BCUT2D eigenvalue weighted by Gasteiger charge is 2.25. The van der Waals surface area contributed by atoms with E-state index in [9.17, 15) is 18.0 Å². The molecule has 2 N–H and O–H groups in total. The van der Waals surface area contributed by atoms with Gasteiger partial charge >= 0.3 is 0 Å². The topological polar surface area (TPSA) is 95.6 Å². The Morgan fingerprint density at radius 1 is 0.618 bits per heavy atom. The highest BCUT2D eigenvalue weighted by atomic mass is 32.2. The van der Waals surface area contributed by atoms with Crippen molar-refractivity contribution in [3.05, 3.63) is 90.0 Å². The van der Waals surface area contributed by atoms with E-state index in [4.69, 9.17) is 0 Å². The molecule has 1 fully saturated rings. The van der Waals surface area contributed by atoms with Crippen LogP contribution in [0.1, 0.15) is 46.4 Å². The van der Waals surface area contributed by atoms with Gasteiger partial charge in [0.25, 0.3) is 11.8 Å². The van der Waals surface area contributed by atoms with Crippen LogP contribution in [0.4, 0.5) is 11.4 Å². The van der Waals surface area contributed by atoms with Gasteiger partial charge in [-0.3, -0.25) is 9.59 Å². The molecule has 1 heterocycles. The lowest BCUT2D eigenvalue weighted by atomic mass is 10.1. The maximum Gasteiger partial charge on any atom is 0.255 e. The number of rotatable bonds is 6. The van der Waals surface area contributed by atoms with E-state index in [2.05, 4.69) is 10.6 Å². The second-order valence-electron chi connectivity index (χ2n) is 8.19. The molecule has 3 aromatic rings. The molecule has 2 amide bonds. The smallest absolute Gasteiger partial charge is 0.255 e. The van der Waals surface area contributed by atoms with Crippen LogP contribution < -0.4 is 10.6 Å². The molecule has 0 aromatic heterocycles. The molecule has 0 unspecified atom stereocenters. The van der Waals surface area contributed by atoms with Crippen molar-refractivity contribution in [2.24, 2.45) is 0 Å². The molecule has 0 aliphatic carbocycles. The van der Waals surface area contributed by atoms with E-state index in [1.54, 1.807) is 65.0 Å². The molecule has 0 saturated carbocycles. The highest BCUT2D eigenvalue weighted by molar-refractivity contribution is 7.89. The average Bonchev–Trinajstić information content (AvgIpc) is 3.16. The number of hydrogen-bond acceptors (Lipinski definition) is 4. The second-order valence-corrected chi connectivity index (χ2v) is 10.1. The van der Waals surface area contributed by atoms with Gasteiger partial charge in [-0.25, -0.2) is 8.42 Å². The Bertz CT molecular complexity index is 1230. The van der Waals surface area contributed by atoms with Crippen molar-refractivity contribution in [1.82, 2.24) is 4.31 Å². The summed E-state index contributed by atoms with van der Waals surface area (Å²) < 4.78 is 27.4. The number of sulfonamides is 1. The summed E-state index contributed by atoms with van der Waals surface area (Å²) in [4.78, 5) is 25.1. The molecular formula is C26H27N3O4S. The van der Waals surface area contributed by atoms with Crippen LogP contribution in [0.2, 0.25) is 0 Å². The third-order valence-corrected chi connectivity index (χ3v) is 7.67. The predicted molar refractivity (Wildman–Crippen MR) is 132 cm³/mol. The second kappa shape index (κ2) is 10.6. The Labute approximate surface area is 199 Å². The fourth-order valence-corrected chi connectivity index (χ4v) is 5.36. The van der Waals surface area contributed by atoms with Gasteiger partial charge in [0.15, 0.2) is 0 Å². The minimum atomic E-state index is -3.53. The van der Waals surface area contributed by atoms with E-state index >= 15 is 0 Å². The molecule has 0 atom stereocenters. The summed E-state index contributed by atoms with van der Waals surface area (Å²) in [6, 6.07) is 21.7. The summed E-state index contributed by atoms with van der Waals surface area (Å²) in [7, 11) is -3.53. The van der Waals surface area contributed by atoms with Crippen molar-refractivity contribution in [3.63, 3.8) is 0 Å². The molecule has 0 spiro atoms. The number of anilines is 2. The van der Waals surface area contributed by atoms with E-state index in [-0.39, 0.29) is 16.7 Å². The van der Waals surface area contributed by atoms with Gasteiger partial charge in [-0.05, 0) is 73.5 Å². The summed E-state index contributed by atoms with van der Waals surface area (Å²) >= 11 is 0. The van der Waals surface area contributed by atoms with E-state index in [0.717, 1.165) is 25.7 Å². The van der Waals surface area contributed by atoms with Gasteiger partial charge in [0.2, 0.25) is 10.0 Å². The summed E-state index contributed by atoms with van der Waals surface area (Å²) in [6.45, 7) is 1.09. The van der Waals surface area contributed by atoms with Crippen LogP contribution in [-0.4, -0.2) is 37.6 Å². The van der Waals surface area contributed by atoms with E-state index < -0.39 is 10.0 Å². The first-order valence-corrected chi connectivity index (χ1v) is 12.8. The van der Waals surface area contributed by atoms with Gasteiger partial charge in [-0.15, -0.1) is 0 Å².